The van der Waals surface area contributed by atoms with E-state index in [1.165, 1.54) is 25.7 Å². The number of nitrogens with one attached hydrogen (secondary N) is 1. The fourth-order valence-electron chi connectivity index (χ4n) is 1.66. The number of hydrogen-bond acceptors (Lipinski definition) is 2. The van der Waals surface area contributed by atoms with E-state index in [0.717, 1.165) is 12.8 Å². The van der Waals surface area contributed by atoms with Crippen molar-refractivity contribution in [2.45, 2.75) is 38.5 Å². The van der Waals surface area contributed by atoms with Gasteiger partial charge in [0.25, 0.3) is 0 Å². The lowest BCUT2D eigenvalue weighted by Crippen LogP contribution is -2.35. The minimum atomic E-state index is 0. The molecule has 12 heavy (non-hydrogen) atoms. The maximum Gasteiger partial charge on any atom is 0.236 e. The summed E-state index contributed by atoms with van der Waals surface area (Å²) in [5, 5.41) is 0. The number of halogens is 1. The number of nitrogens with two attached hydrogens (primary N) is 1. The van der Waals surface area contributed by atoms with Crippen LogP contribution in [-0.4, -0.2) is 5.91 Å². The molecule has 0 aromatic heterocycles. The van der Waals surface area contributed by atoms with E-state index in [2.05, 4.69) is 5.43 Å². The van der Waals surface area contributed by atoms with Gasteiger partial charge in [0.15, 0.2) is 0 Å². The minimum absolute atomic E-state index is 0. The molecule has 0 heterocycles. The van der Waals surface area contributed by atoms with Gasteiger partial charge in [0, 0.05) is 5.92 Å². The summed E-state index contributed by atoms with van der Waals surface area (Å²) in [5.74, 6) is 5.26. The largest absolute Gasteiger partial charge is 0.294 e. The molecule has 1 saturated carbocycles. The van der Waals surface area contributed by atoms with Crippen LogP contribution in [0.25, 0.3) is 0 Å². The van der Waals surface area contributed by atoms with E-state index in [0.29, 0.717) is 0 Å². The molecular formula is C8H17ClN2O. The lowest BCUT2D eigenvalue weighted by atomic mass is 10.00. The third-order valence-electron chi connectivity index (χ3n) is 2.37. The van der Waals surface area contributed by atoms with Crippen molar-refractivity contribution in [2.75, 3.05) is 0 Å². The Hall–Kier alpha value is -0.280. The highest BCUT2D eigenvalue weighted by atomic mass is 35.5. The van der Waals surface area contributed by atoms with E-state index in [-0.39, 0.29) is 24.2 Å². The lowest BCUT2D eigenvalue weighted by molar-refractivity contribution is -0.125. The SMILES string of the molecule is Cl.NNC(=O)C1CCCCCC1. The van der Waals surface area contributed by atoms with Gasteiger partial charge in [0.2, 0.25) is 5.91 Å². The van der Waals surface area contributed by atoms with Crippen LogP contribution in [0.2, 0.25) is 0 Å². The fraction of sp³-hybridized carbons (Fsp3) is 0.875. The molecule has 1 aliphatic carbocycles. The number of hydrogen-bond donors (Lipinski definition) is 2. The van der Waals surface area contributed by atoms with Crippen molar-refractivity contribution < 1.29 is 4.79 Å². The summed E-state index contributed by atoms with van der Waals surface area (Å²) in [4.78, 5) is 11.1. The van der Waals surface area contributed by atoms with Gasteiger partial charge >= 0.3 is 0 Å². The van der Waals surface area contributed by atoms with Gasteiger partial charge in [-0.1, -0.05) is 25.7 Å². The van der Waals surface area contributed by atoms with Crippen molar-refractivity contribution in [3.63, 3.8) is 0 Å². The monoisotopic (exact) mass is 192 g/mol. The van der Waals surface area contributed by atoms with Gasteiger partial charge in [0.05, 0.1) is 0 Å². The summed E-state index contributed by atoms with van der Waals surface area (Å²) in [6.07, 6.45) is 6.94. The normalized spacial score (nSPS) is 19.1. The van der Waals surface area contributed by atoms with Crippen molar-refractivity contribution in [1.82, 2.24) is 5.43 Å². The van der Waals surface area contributed by atoms with Crippen molar-refractivity contribution >= 4 is 18.3 Å². The quantitative estimate of drug-likeness (QED) is 0.285. The molecule has 1 aliphatic rings. The van der Waals surface area contributed by atoms with E-state index in [4.69, 9.17) is 5.84 Å². The Labute approximate surface area is 79.5 Å². The Morgan fingerprint density at radius 3 is 2.08 bits per heavy atom. The van der Waals surface area contributed by atoms with Crippen LogP contribution in [0.15, 0.2) is 0 Å². The zero-order valence-electron chi connectivity index (χ0n) is 7.21. The number of carbonyl (C=O) groups excluding carboxylic acids is 1. The van der Waals surface area contributed by atoms with Gasteiger partial charge in [-0.25, -0.2) is 5.84 Å². The van der Waals surface area contributed by atoms with Crippen molar-refractivity contribution in [3.05, 3.63) is 0 Å². The van der Waals surface area contributed by atoms with E-state index < -0.39 is 0 Å². The van der Waals surface area contributed by atoms with Crippen LogP contribution in [-0.2, 0) is 4.79 Å². The molecule has 0 aromatic carbocycles. The first-order valence-corrected chi connectivity index (χ1v) is 4.35. The van der Waals surface area contributed by atoms with E-state index in [1.807, 2.05) is 0 Å². The molecule has 72 valence electrons. The summed E-state index contributed by atoms with van der Waals surface area (Å²) in [6.45, 7) is 0. The van der Waals surface area contributed by atoms with Gasteiger partial charge in [-0.05, 0) is 12.8 Å². The molecule has 4 heteroatoms. The summed E-state index contributed by atoms with van der Waals surface area (Å²) >= 11 is 0. The van der Waals surface area contributed by atoms with Gasteiger partial charge in [0.1, 0.15) is 0 Å². The van der Waals surface area contributed by atoms with Crippen LogP contribution in [0.4, 0.5) is 0 Å². The molecule has 0 unspecified atom stereocenters. The molecule has 0 atom stereocenters. The Morgan fingerprint density at radius 1 is 1.17 bits per heavy atom. The third-order valence-corrected chi connectivity index (χ3v) is 2.37. The Balaban J connectivity index is 0.00000121. The van der Waals surface area contributed by atoms with Crippen LogP contribution < -0.4 is 11.3 Å². The van der Waals surface area contributed by atoms with Crippen LogP contribution >= 0.6 is 12.4 Å². The van der Waals surface area contributed by atoms with Gasteiger partial charge in [-0.2, -0.15) is 0 Å². The van der Waals surface area contributed by atoms with Crippen LogP contribution in [0, 0.1) is 5.92 Å². The molecule has 0 radical (unpaired) electrons. The second-order valence-electron chi connectivity index (χ2n) is 3.20. The summed E-state index contributed by atoms with van der Waals surface area (Å²) in [6, 6.07) is 0. The second-order valence-corrected chi connectivity index (χ2v) is 3.20. The Morgan fingerprint density at radius 2 is 1.67 bits per heavy atom. The van der Waals surface area contributed by atoms with Gasteiger partial charge in [-0.3, -0.25) is 10.2 Å². The first-order chi connectivity index (χ1) is 5.34. The maximum atomic E-state index is 11.1. The topological polar surface area (TPSA) is 55.1 Å². The fourth-order valence-corrected chi connectivity index (χ4v) is 1.66. The van der Waals surface area contributed by atoms with Crippen molar-refractivity contribution in [3.8, 4) is 0 Å². The average molecular weight is 193 g/mol. The Bertz CT molecular complexity index is 133. The van der Waals surface area contributed by atoms with Gasteiger partial charge in [-0.15, -0.1) is 12.4 Å². The van der Waals surface area contributed by atoms with E-state index >= 15 is 0 Å². The van der Waals surface area contributed by atoms with Crippen LogP contribution in [0.3, 0.4) is 0 Å². The molecule has 0 aromatic rings. The lowest BCUT2D eigenvalue weighted by Gasteiger charge is -2.10. The maximum absolute atomic E-state index is 11.1. The number of carbonyl (C=O) groups is 1. The smallest absolute Gasteiger partial charge is 0.236 e. The minimum Gasteiger partial charge on any atom is -0.294 e. The van der Waals surface area contributed by atoms with Crippen molar-refractivity contribution in [1.29, 1.82) is 0 Å². The molecule has 0 aliphatic heterocycles. The number of amides is 1. The van der Waals surface area contributed by atoms with Crippen molar-refractivity contribution in [2.24, 2.45) is 11.8 Å². The van der Waals surface area contributed by atoms with Gasteiger partial charge < -0.3 is 0 Å². The van der Waals surface area contributed by atoms with Crippen LogP contribution in [0.1, 0.15) is 38.5 Å². The number of rotatable bonds is 1. The highest BCUT2D eigenvalue weighted by Gasteiger charge is 2.18. The first-order valence-electron chi connectivity index (χ1n) is 4.35. The summed E-state index contributed by atoms with van der Waals surface area (Å²) in [5.41, 5.74) is 2.22. The Kier molecular flexibility index (Phi) is 6.11. The average Bonchev–Trinajstić information content (AvgIpc) is 2.30. The predicted octanol–water partition coefficient (Wildman–Crippen LogP) is 1.37. The highest BCUT2D eigenvalue weighted by molar-refractivity contribution is 5.85. The molecule has 1 rings (SSSR count). The molecule has 3 nitrogen and oxygen atoms in total. The highest BCUT2D eigenvalue weighted by Crippen LogP contribution is 2.22. The third kappa shape index (κ3) is 3.41. The molecular weight excluding hydrogens is 176 g/mol. The van der Waals surface area contributed by atoms with E-state index in [9.17, 15) is 4.79 Å². The summed E-state index contributed by atoms with van der Waals surface area (Å²) < 4.78 is 0. The molecule has 0 saturated heterocycles. The molecule has 0 bridgehead atoms. The molecule has 1 fully saturated rings. The number of hydrazine groups is 1. The van der Waals surface area contributed by atoms with Crippen LogP contribution in [0.5, 0.6) is 0 Å². The second kappa shape index (κ2) is 6.26. The zero-order valence-corrected chi connectivity index (χ0v) is 8.03. The predicted molar refractivity (Wildman–Crippen MR) is 50.8 cm³/mol. The summed E-state index contributed by atoms with van der Waals surface area (Å²) in [7, 11) is 0. The van der Waals surface area contributed by atoms with E-state index in [1.54, 1.807) is 0 Å². The standard InChI is InChI=1S/C8H16N2O.ClH/c9-10-8(11)7-5-3-1-2-4-6-7;/h7H,1-6,9H2,(H,10,11);1H. The first kappa shape index (κ1) is 11.7. The zero-order chi connectivity index (χ0) is 8.10. The molecule has 1 amide bonds. The molecule has 0 spiro atoms. The molecule has 3 N–H and O–H groups in total.